The lowest BCUT2D eigenvalue weighted by molar-refractivity contribution is 0.0942. The van der Waals surface area contributed by atoms with Gasteiger partial charge < -0.3 is 15.2 Å². The van der Waals surface area contributed by atoms with Gasteiger partial charge in [0.25, 0.3) is 5.91 Å². The Hall–Kier alpha value is -1.62. The van der Waals surface area contributed by atoms with Crippen LogP contribution in [0.25, 0.3) is 0 Å². The lowest BCUT2D eigenvalue weighted by Crippen LogP contribution is -2.32. The first-order valence-electron chi connectivity index (χ1n) is 7.24. The summed E-state index contributed by atoms with van der Waals surface area (Å²) in [6, 6.07) is 4.61. The summed E-state index contributed by atoms with van der Waals surface area (Å²) in [5, 5.41) is 2.91. The van der Waals surface area contributed by atoms with Crippen LogP contribution in [0.1, 0.15) is 30.8 Å². The second-order valence-electron chi connectivity index (χ2n) is 5.95. The van der Waals surface area contributed by atoms with Gasteiger partial charge in [0.2, 0.25) is 5.56 Å². The van der Waals surface area contributed by atoms with Gasteiger partial charge in [-0.3, -0.25) is 9.59 Å². The van der Waals surface area contributed by atoms with Gasteiger partial charge >= 0.3 is 0 Å². The van der Waals surface area contributed by atoms with E-state index in [2.05, 4.69) is 29.0 Å². The highest BCUT2D eigenvalue weighted by Crippen LogP contribution is 2.16. The third-order valence-electron chi connectivity index (χ3n) is 3.56. The van der Waals surface area contributed by atoms with E-state index in [1.807, 2.05) is 0 Å². The summed E-state index contributed by atoms with van der Waals surface area (Å²) in [6.45, 7) is 8.40. The monoisotopic (exact) mass is 277 g/mol. The molecule has 0 aliphatic carbocycles. The standard InChI is InChI=1S/C15H23N3O2/c1-11(2)9-18-7-6-12(10-18)8-16-15(20)13-4-3-5-14(19)17-13/h3-5,11-12H,6-10H2,1-2H3,(H,16,20)(H,17,19)/t12-/m1/s1. The van der Waals surface area contributed by atoms with Crippen LogP contribution >= 0.6 is 0 Å². The van der Waals surface area contributed by atoms with Crippen LogP contribution in [0.15, 0.2) is 23.0 Å². The summed E-state index contributed by atoms with van der Waals surface area (Å²) in [5.41, 5.74) is 0.0798. The van der Waals surface area contributed by atoms with E-state index in [0.29, 0.717) is 24.1 Å². The quantitative estimate of drug-likeness (QED) is 0.846. The molecule has 1 aromatic rings. The minimum Gasteiger partial charge on any atom is -0.350 e. The molecular weight excluding hydrogens is 254 g/mol. The van der Waals surface area contributed by atoms with E-state index < -0.39 is 0 Å². The van der Waals surface area contributed by atoms with Gasteiger partial charge in [-0.1, -0.05) is 19.9 Å². The van der Waals surface area contributed by atoms with Crippen molar-refractivity contribution in [3.63, 3.8) is 0 Å². The van der Waals surface area contributed by atoms with E-state index in [4.69, 9.17) is 0 Å². The molecular formula is C15H23N3O2. The van der Waals surface area contributed by atoms with E-state index in [1.54, 1.807) is 12.1 Å². The third kappa shape index (κ3) is 4.20. The van der Waals surface area contributed by atoms with Gasteiger partial charge in [0.1, 0.15) is 5.69 Å². The largest absolute Gasteiger partial charge is 0.350 e. The number of nitrogens with one attached hydrogen (secondary N) is 2. The molecule has 0 saturated carbocycles. The Kier molecular flexibility index (Phi) is 4.95. The Morgan fingerprint density at radius 3 is 3.00 bits per heavy atom. The van der Waals surface area contributed by atoms with Crippen molar-refractivity contribution < 1.29 is 4.79 Å². The second-order valence-corrected chi connectivity index (χ2v) is 5.95. The molecule has 110 valence electrons. The minimum atomic E-state index is -0.248. The third-order valence-corrected chi connectivity index (χ3v) is 3.56. The Bertz CT molecular complexity index is 510. The van der Waals surface area contributed by atoms with Crippen LogP contribution in [0.2, 0.25) is 0 Å². The van der Waals surface area contributed by atoms with E-state index in [0.717, 1.165) is 26.1 Å². The molecule has 0 bridgehead atoms. The SMILES string of the molecule is CC(C)CN1CC[C@H](CNC(=O)c2cccc(=O)[nH]2)C1. The summed E-state index contributed by atoms with van der Waals surface area (Å²) in [4.78, 5) is 28.1. The first kappa shape index (κ1) is 14.8. The van der Waals surface area contributed by atoms with Gasteiger partial charge in [-0.25, -0.2) is 0 Å². The molecule has 5 nitrogen and oxygen atoms in total. The fourth-order valence-electron chi connectivity index (χ4n) is 2.67. The molecule has 1 aliphatic rings. The maximum absolute atomic E-state index is 11.9. The molecule has 1 aromatic heterocycles. The molecule has 1 atom stereocenters. The van der Waals surface area contributed by atoms with E-state index in [9.17, 15) is 9.59 Å². The van der Waals surface area contributed by atoms with E-state index in [-0.39, 0.29) is 11.5 Å². The summed E-state index contributed by atoms with van der Waals surface area (Å²) >= 11 is 0. The minimum absolute atomic E-state index is 0.204. The van der Waals surface area contributed by atoms with Crippen molar-refractivity contribution in [3.05, 3.63) is 34.2 Å². The highest BCUT2D eigenvalue weighted by molar-refractivity contribution is 5.92. The second kappa shape index (κ2) is 6.70. The van der Waals surface area contributed by atoms with Gasteiger partial charge in [-0.2, -0.15) is 0 Å². The van der Waals surface area contributed by atoms with Crippen LogP contribution in [-0.2, 0) is 0 Å². The first-order chi connectivity index (χ1) is 9.54. The Morgan fingerprint density at radius 2 is 2.30 bits per heavy atom. The van der Waals surface area contributed by atoms with Gasteiger partial charge in [-0.15, -0.1) is 0 Å². The molecule has 2 N–H and O–H groups in total. The molecule has 1 saturated heterocycles. The van der Waals surface area contributed by atoms with Crippen molar-refractivity contribution in [3.8, 4) is 0 Å². The average molecular weight is 277 g/mol. The molecule has 0 unspecified atom stereocenters. The topological polar surface area (TPSA) is 65.2 Å². The number of pyridine rings is 1. The van der Waals surface area contributed by atoms with Crippen LogP contribution in [0.3, 0.4) is 0 Å². The Morgan fingerprint density at radius 1 is 1.50 bits per heavy atom. The zero-order valence-electron chi connectivity index (χ0n) is 12.2. The summed E-state index contributed by atoms with van der Waals surface area (Å²) in [5.74, 6) is 0.982. The maximum atomic E-state index is 11.9. The van der Waals surface area contributed by atoms with Gasteiger partial charge in [0.05, 0.1) is 0 Å². The van der Waals surface area contributed by atoms with Crippen LogP contribution in [0.4, 0.5) is 0 Å². The number of rotatable bonds is 5. The number of amides is 1. The Labute approximate surface area is 119 Å². The molecule has 2 rings (SSSR count). The molecule has 1 fully saturated rings. The van der Waals surface area contributed by atoms with Crippen LogP contribution in [-0.4, -0.2) is 42.0 Å². The number of carbonyl (C=O) groups excluding carboxylic acids is 1. The van der Waals surface area contributed by atoms with Crippen molar-refractivity contribution in [2.75, 3.05) is 26.2 Å². The molecule has 5 heteroatoms. The molecule has 20 heavy (non-hydrogen) atoms. The number of hydrogen-bond acceptors (Lipinski definition) is 3. The highest BCUT2D eigenvalue weighted by Gasteiger charge is 2.23. The molecule has 2 heterocycles. The van der Waals surface area contributed by atoms with Gasteiger partial charge in [0, 0.05) is 25.7 Å². The fourth-order valence-corrected chi connectivity index (χ4v) is 2.67. The van der Waals surface area contributed by atoms with Crippen LogP contribution in [0, 0.1) is 11.8 Å². The van der Waals surface area contributed by atoms with Crippen LogP contribution < -0.4 is 10.9 Å². The predicted octanol–water partition coefficient (Wildman–Crippen LogP) is 1.08. The molecule has 1 aliphatic heterocycles. The number of aromatic nitrogens is 1. The van der Waals surface area contributed by atoms with Crippen LogP contribution in [0.5, 0.6) is 0 Å². The smallest absolute Gasteiger partial charge is 0.267 e. The van der Waals surface area contributed by atoms with Crippen molar-refractivity contribution in [1.29, 1.82) is 0 Å². The highest BCUT2D eigenvalue weighted by atomic mass is 16.2. The van der Waals surface area contributed by atoms with Crippen molar-refractivity contribution in [2.45, 2.75) is 20.3 Å². The van der Waals surface area contributed by atoms with Crippen molar-refractivity contribution >= 4 is 5.91 Å². The summed E-state index contributed by atoms with van der Waals surface area (Å²) < 4.78 is 0. The number of nitrogens with zero attached hydrogens (tertiary/aromatic N) is 1. The molecule has 0 radical (unpaired) electrons. The number of H-pyrrole nitrogens is 1. The molecule has 0 spiro atoms. The molecule has 1 amide bonds. The van der Waals surface area contributed by atoms with Crippen molar-refractivity contribution in [2.24, 2.45) is 11.8 Å². The molecule has 0 aromatic carbocycles. The van der Waals surface area contributed by atoms with Gasteiger partial charge in [-0.05, 0) is 30.9 Å². The normalized spacial score (nSPS) is 19.4. The predicted molar refractivity (Wildman–Crippen MR) is 78.8 cm³/mol. The van der Waals surface area contributed by atoms with Crippen molar-refractivity contribution in [1.82, 2.24) is 15.2 Å². The Balaban J connectivity index is 1.79. The zero-order valence-corrected chi connectivity index (χ0v) is 12.2. The fraction of sp³-hybridized carbons (Fsp3) is 0.600. The maximum Gasteiger partial charge on any atom is 0.267 e. The van der Waals surface area contributed by atoms with E-state index >= 15 is 0 Å². The number of aromatic amines is 1. The number of likely N-dealkylation sites (tertiary alicyclic amines) is 1. The summed E-state index contributed by atoms with van der Waals surface area (Å²) in [6.07, 6.45) is 1.12. The lowest BCUT2D eigenvalue weighted by atomic mass is 10.1. The van der Waals surface area contributed by atoms with E-state index in [1.165, 1.54) is 6.07 Å². The number of carbonyl (C=O) groups is 1. The lowest BCUT2D eigenvalue weighted by Gasteiger charge is -2.18. The number of hydrogen-bond donors (Lipinski definition) is 2. The summed E-state index contributed by atoms with van der Waals surface area (Å²) in [7, 11) is 0. The zero-order chi connectivity index (χ0) is 14.5. The first-order valence-corrected chi connectivity index (χ1v) is 7.24. The van der Waals surface area contributed by atoms with Gasteiger partial charge in [0.15, 0.2) is 0 Å². The average Bonchev–Trinajstić information content (AvgIpc) is 2.82.